The Morgan fingerprint density at radius 1 is 1.42 bits per heavy atom. The van der Waals surface area contributed by atoms with Crippen molar-refractivity contribution in [3.63, 3.8) is 0 Å². The molecule has 2 atom stereocenters. The van der Waals surface area contributed by atoms with Gasteiger partial charge in [-0.05, 0) is 31.8 Å². The Hall–Kier alpha value is -0.110. The highest BCUT2D eigenvalue weighted by Crippen LogP contribution is 2.24. The van der Waals surface area contributed by atoms with Crippen molar-refractivity contribution in [2.24, 2.45) is 5.92 Å². The van der Waals surface area contributed by atoms with Crippen LogP contribution in [0.2, 0.25) is 0 Å². The molecule has 72 valence electrons. The minimum Gasteiger partial charge on any atom is -0.301 e. The number of hydrogen-bond acceptors (Lipinski definition) is 1. The zero-order chi connectivity index (χ0) is 8.97. The molecule has 2 heteroatoms. The third-order valence-electron chi connectivity index (χ3n) is 2.87. The van der Waals surface area contributed by atoms with Gasteiger partial charge in [-0.25, -0.2) is 4.39 Å². The van der Waals surface area contributed by atoms with Crippen LogP contribution in [0.25, 0.3) is 0 Å². The Bertz CT molecular complexity index is 127. The standard InChI is InChI=1S/C10H20FN/c1-3-5-9-6-7-12(4-2)8-10(9)11/h9-10H,3-8H2,1-2H3. The van der Waals surface area contributed by atoms with Gasteiger partial charge in [0.25, 0.3) is 0 Å². The number of rotatable bonds is 3. The van der Waals surface area contributed by atoms with Gasteiger partial charge in [-0.15, -0.1) is 0 Å². The molecular formula is C10H20FN. The van der Waals surface area contributed by atoms with Gasteiger partial charge in [0.05, 0.1) is 0 Å². The lowest BCUT2D eigenvalue weighted by atomic mass is 9.91. The summed E-state index contributed by atoms with van der Waals surface area (Å²) in [5.41, 5.74) is 0. The van der Waals surface area contributed by atoms with Crippen LogP contribution in [0.4, 0.5) is 4.39 Å². The maximum absolute atomic E-state index is 13.4. The van der Waals surface area contributed by atoms with E-state index in [2.05, 4.69) is 18.7 Å². The molecule has 0 aromatic carbocycles. The molecule has 0 bridgehead atoms. The number of alkyl halides is 1. The highest BCUT2D eigenvalue weighted by atomic mass is 19.1. The lowest BCUT2D eigenvalue weighted by molar-refractivity contribution is 0.0836. The molecule has 0 saturated carbocycles. The summed E-state index contributed by atoms with van der Waals surface area (Å²) in [6, 6.07) is 0. The average molecular weight is 173 g/mol. The molecular weight excluding hydrogens is 153 g/mol. The fourth-order valence-corrected chi connectivity index (χ4v) is 2.00. The maximum Gasteiger partial charge on any atom is 0.116 e. The van der Waals surface area contributed by atoms with Gasteiger partial charge in [-0.2, -0.15) is 0 Å². The minimum atomic E-state index is -0.571. The van der Waals surface area contributed by atoms with E-state index in [1.807, 2.05) is 0 Å². The summed E-state index contributed by atoms with van der Waals surface area (Å²) < 4.78 is 13.4. The Kier molecular flexibility index (Phi) is 3.99. The number of piperidine rings is 1. The fraction of sp³-hybridized carbons (Fsp3) is 1.00. The SMILES string of the molecule is CCCC1CCN(CC)CC1F. The second kappa shape index (κ2) is 4.80. The zero-order valence-electron chi connectivity index (χ0n) is 8.22. The van der Waals surface area contributed by atoms with Crippen LogP contribution in [0.15, 0.2) is 0 Å². The third-order valence-corrected chi connectivity index (χ3v) is 2.87. The molecule has 1 fully saturated rings. The molecule has 0 aliphatic carbocycles. The molecule has 1 nitrogen and oxygen atoms in total. The van der Waals surface area contributed by atoms with Crippen molar-refractivity contribution in [3.05, 3.63) is 0 Å². The molecule has 1 aliphatic heterocycles. The Morgan fingerprint density at radius 2 is 2.17 bits per heavy atom. The van der Waals surface area contributed by atoms with Crippen LogP contribution < -0.4 is 0 Å². The van der Waals surface area contributed by atoms with Crippen molar-refractivity contribution >= 4 is 0 Å². The molecule has 1 saturated heterocycles. The van der Waals surface area contributed by atoms with Gasteiger partial charge in [-0.1, -0.05) is 20.3 Å². The normalized spacial score (nSPS) is 32.2. The molecule has 1 rings (SSSR count). The Morgan fingerprint density at radius 3 is 2.67 bits per heavy atom. The molecule has 0 N–H and O–H groups in total. The van der Waals surface area contributed by atoms with Crippen LogP contribution in [-0.2, 0) is 0 Å². The molecule has 1 aliphatic rings. The van der Waals surface area contributed by atoms with Gasteiger partial charge in [0.15, 0.2) is 0 Å². The predicted octanol–water partition coefficient (Wildman–Crippen LogP) is 2.47. The van der Waals surface area contributed by atoms with Crippen LogP contribution in [0.3, 0.4) is 0 Å². The zero-order valence-corrected chi connectivity index (χ0v) is 8.22. The van der Waals surface area contributed by atoms with E-state index < -0.39 is 6.17 Å². The largest absolute Gasteiger partial charge is 0.301 e. The fourth-order valence-electron chi connectivity index (χ4n) is 2.00. The summed E-state index contributed by atoms with van der Waals surface area (Å²) >= 11 is 0. The van der Waals surface area contributed by atoms with Crippen molar-refractivity contribution in [2.45, 2.75) is 39.3 Å². The summed E-state index contributed by atoms with van der Waals surface area (Å²) in [7, 11) is 0. The van der Waals surface area contributed by atoms with Gasteiger partial charge < -0.3 is 4.90 Å². The van der Waals surface area contributed by atoms with Crippen molar-refractivity contribution < 1.29 is 4.39 Å². The third kappa shape index (κ3) is 2.44. The van der Waals surface area contributed by atoms with Crippen LogP contribution in [0.1, 0.15) is 33.1 Å². The van der Waals surface area contributed by atoms with E-state index >= 15 is 0 Å². The van der Waals surface area contributed by atoms with Crippen molar-refractivity contribution in [2.75, 3.05) is 19.6 Å². The highest BCUT2D eigenvalue weighted by Gasteiger charge is 2.27. The second-order valence-corrected chi connectivity index (χ2v) is 3.75. The van der Waals surface area contributed by atoms with Crippen LogP contribution >= 0.6 is 0 Å². The smallest absolute Gasteiger partial charge is 0.116 e. The van der Waals surface area contributed by atoms with Gasteiger partial charge >= 0.3 is 0 Å². The van der Waals surface area contributed by atoms with Crippen molar-refractivity contribution in [3.8, 4) is 0 Å². The van der Waals surface area contributed by atoms with E-state index in [1.54, 1.807) is 0 Å². The van der Waals surface area contributed by atoms with E-state index in [-0.39, 0.29) is 0 Å². The van der Waals surface area contributed by atoms with Crippen molar-refractivity contribution in [1.29, 1.82) is 0 Å². The van der Waals surface area contributed by atoms with E-state index in [1.165, 1.54) is 0 Å². The quantitative estimate of drug-likeness (QED) is 0.633. The predicted molar refractivity (Wildman–Crippen MR) is 50.0 cm³/mol. The highest BCUT2D eigenvalue weighted by molar-refractivity contribution is 4.79. The number of hydrogen-bond donors (Lipinski definition) is 0. The van der Waals surface area contributed by atoms with Gasteiger partial charge in [-0.3, -0.25) is 0 Å². The maximum atomic E-state index is 13.4. The van der Waals surface area contributed by atoms with E-state index in [9.17, 15) is 4.39 Å². The molecule has 0 aromatic heterocycles. The van der Waals surface area contributed by atoms with Crippen LogP contribution in [0, 0.1) is 5.92 Å². The monoisotopic (exact) mass is 173 g/mol. The topological polar surface area (TPSA) is 3.24 Å². The molecule has 1 heterocycles. The average Bonchev–Trinajstić information content (AvgIpc) is 2.09. The molecule has 0 spiro atoms. The number of nitrogens with zero attached hydrogens (tertiary/aromatic N) is 1. The Labute approximate surface area is 74.9 Å². The summed E-state index contributed by atoms with van der Waals surface area (Å²) in [5, 5.41) is 0. The molecule has 0 amide bonds. The lowest BCUT2D eigenvalue weighted by Crippen LogP contribution is -2.41. The number of halogens is 1. The second-order valence-electron chi connectivity index (χ2n) is 3.75. The van der Waals surface area contributed by atoms with Crippen molar-refractivity contribution in [1.82, 2.24) is 4.90 Å². The summed E-state index contributed by atoms with van der Waals surface area (Å²) in [6.45, 7) is 7.01. The molecule has 0 radical (unpaired) electrons. The van der Waals surface area contributed by atoms with E-state index in [0.29, 0.717) is 12.5 Å². The Balaban J connectivity index is 2.31. The molecule has 2 unspecified atom stereocenters. The first-order valence-corrected chi connectivity index (χ1v) is 5.14. The van der Waals surface area contributed by atoms with Gasteiger partial charge in [0, 0.05) is 6.54 Å². The van der Waals surface area contributed by atoms with Gasteiger partial charge in [0.1, 0.15) is 6.17 Å². The van der Waals surface area contributed by atoms with E-state index in [4.69, 9.17) is 0 Å². The summed E-state index contributed by atoms with van der Waals surface area (Å²) in [6.07, 6.45) is 2.68. The summed E-state index contributed by atoms with van der Waals surface area (Å²) in [5.74, 6) is 0.345. The van der Waals surface area contributed by atoms with Crippen LogP contribution in [0.5, 0.6) is 0 Å². The van der Waals surface area contributed by atoms with Gasteiger partial charge in [0.2, 0.25) is 0 Å². The summed E-state index contributed by atoms with van der Waals surface area (Å²) in [4.78, 5) is 2.21. The number of likely N-dealkylation sites (tertiary alicyclic amines) is 1. The minimum absolute atomic E-state index is 0.345. The first-order chi connectivity index (χ1) is 5.77. The van der Waals surface area contributed by atoms with Crippen LogP contribution in [-0.4, -0.2) is 30.7 Å². The molecule has 12 heavy (non-hydrogen) atoms. The first kappa shape index (κ1) is 9.97. The lowest BCUT2D eigenvalue weighted by Gasteiger charge is -2.33. The first-order valence-electron chi connectivity index (χ1n) is 5.14. The van der Waals surface area contributed by atoms with E-state index in [0.717, 1.165) is 32.4 Å². The molecule has 0 aromatic rings.